The SMILES string of the molecule is Cc1noc(C)c1CN(C)C(=O)NC[C@@H]1CN2CCC[C@H]2CO1. The van der Waals surface area contributed by atoms with Gasteiger partial charge in [0.15, 0.2) is 0 Å². The highest BCUT2D eigenvalue weighted by Crippen LogP contribution is 2.22. The smallest absolute Gasteiger partial charge is 0.317 e. The predicted molar refractivity (Wildman–Crippen MR) is 85.2 cm³/mol. The lowest BCUT2D eigenvalue weighted by Gasteiger charge is -2.35. The fraction of sp³-hybridized carbons (Fsp3) is 0.750. The lowest BCUT2D eigenvalue weighted by molar-refractivity contribution is -0.0460. The van der Waals surface area contributed by atoms with E-state index in [1.807, 2.05) is 13.8 Å². The molecule has 1 N–H and O–H groups in total. The maximum Gasteiger partial charge on any atom is 0.317 e. The molecule has 2 saturated heterocycles. The van der Waals surface area contributed by atoms with E-state index in [0.29, 0.717) is 19.1 Å². The zero-order valence-electron chi connectivity index (χ0n) is 14.2. The monoisotopic (exact) mass is 322 g/mol. The molecule has 0 saturated carbocycles. The van der Waals surface area contributed by atoms with Gasteiger partial charge < -0.3 is 19.5 Å². The largest absolute Gasteiger partial charge is 0.373 e. The molecule has 0 spiro atoms. The van der Waals surface area contributed by atoms with Crippen LogP contribution in [0.15, 0.2) is 4.52 Å². The van der Waals surface area contributed by atoms with Crippen molar-refractivity contribution < 1.29 is 14.1 Å². The molecule has 0 aliphatic carbocycles. The number of ether oxygens (including phenoxy) is 1. The van der Waals surface area contributed by atoms with E-state index in [4.69, 9.17) is 9.26 Å². The number of urea groups is 1. The zero-order valence-corrected chi connectivity index (χ0v) is 14.2. The normalized spacial score (nSPS) is 24.5. The molecule has 3 heterocycles. The van der Waals surface area contributed by atoms with Crippen LogP contribution in [0.4, 0.5) is 4.79 Å². The molecule has 0 aromatic carbocycles. The number of aryl methyl sites for hydroxylation is 2. The third-order valence-corrected chi connectivity index (χ3v) is 4.87. The van der Waals surface area contributed by atoms with Crippen molar-refractivity contribution in [2.24, 2.45) is 0 Å². The van der Waals surface area contributed by atoms with Crippen LogP contribution in [-0.4, -0.2) is 66.4 Å². The Bertz CT molecular complexity index is 540. The molecule has 2 aliphatic heterocycles. The van der Waals surface area contributed by atoms with Gasteiger partial charge in [0.25, 0.3) is 0 Å². The van der Waals surface area contributed by atoms with Crippen molar-refractivity contribution in [2.45, 2.75) is 45.4 Å². The first-order chi connectivity index (χ1) is 11.0. The number of nitrogens with zero attached hydrogens (tertiary/aromatic N) is 3. The standard InChI is InChI=1S/C16H26N4O3/c1-11-15(12(2)23-18-11)9-19(3)16(21)17-7-14-8-20-6-4-5-13(20)10-22-14/h13-14H,4-10H2,1-3H3,(H,17,21)/t13-,14+/m0/s1. The maximum atomic E-state index is 12.3. The van der Waals surface area contributed by atoms with Gasteiger partial charge >= 0.3 is 6.03 Å². The first-order valence-corrected chi connectivity index (χ1v) is 8.31. The number of morpholine rings is 1. The quantitative estimate of drug-likeness (QED) is 0.905. The van der Waals surface area contributed by atoms with Gasteiger partial charge in [-0.15, -0.1) is 0 Å². The van der Waals surface area contributed by atoms with Gasteiger partial charge in [-0.2, -0.15) is 0 Å². The van der Waals surface area contributed by atoms with Gasteiger partial charge in [-0.25, -0.2) is 4.79 Å². The topological polar surface area (TPSA) is 70.8 Å². The molecule has 3 rings (SSSR count). The third kappa shape index (κ3) is 3.67. The molecule has 0 bridgehead atoms. The van der Waals surface area contributed by atoms with E-state index in [2.05, 4.69) is 15.4 Å². The van der Waals surface area contributed by atoms with Gasteiger partial charge in [0, 0.05) is 31.7 Å². The Labute approximate surface area is 136 Å². The van der Waals surface area contributed by atoms with Gasteiger partial charge in [-0.3, -0.25) is 4.90 Å². The molecule has 1 aromatic heterocycles. The summed E-state index contributed by atoms with van der Waals surface area (Å²) in [4.78, 5) is 16.4. The van der Waals surface area contributed by atoms with Crippen molar-refractivity contribution >= 4 is 6.03 Å². The molecule has 7 nitrogen and oxygen atoms in total. The molecule has 2 aliphatic rings. The Morgan fingerprint density at radius 1 is 1.48 bits per heavy atom. The van der Waals surface area contributed by atoms with E-state index in [1.165, 1.54) is 12.8 Å². The number of hydrogen-bond donors (Lipinski definition) is 1. The first kappa shape index (κ1) is 16.3. The predicted octanol–water partition coefficient (Wildman–Crippen LogP) is 1.30. The van der Waals surface area contributed by atoms with Gasteiger partial charge in [0.1, 0.15) is 5.76 Å². The summed E-state index contributed by atoms with van der Waals surface area (Å²) >= 11 is 0. The average molecular weight is 322 g/mol. The summed E-state index contributed by atoms with van der Waals surface area (Å²) in [6.07, 6.45) is 2.58. The number of aromatic nitrogens is 1. The summed E-state index contributed by atoms with van der Waals surface area (Å²) in [6.45, 7) is 7.66. The van der Waals surface area contributed by atoms with Crippen LogP contribution >= 0.6 is 0 Å². The van der Waals surface area contributed by atoms with Crippen LogP contribution in [0.2, 0.25) is 0 Å². The maximum absolute atomic E-state index is 12.3. The van der Waals surface area contributed by atoms with E-state index >= 15 is 0 Å². The van der Waals surface area contributed by atoms with E-state index < -0.39 is 0 Å². The van der Waals surface area contributed by atoms with Gasteiger partial charge in [-0.05, 0) is 33.2 Å². The van der Waals surface area contributed by atoms with Crippen molar-refractivity contribution in [1.29, 1.82) is 0 Å². The van der Waals surface area contributed by atoms with Crippen LogP contribution in [0.25, 0.3) is 0 Å². The molecule has 0 radical (unpaired) electrons. The number of rotatable bonds is 4. The molecule has 7 heteroatoms. The van der Waals surface area contributed by atoms with Crippen molar-refractivity contribution in [3.8, 4) is 0 Å². The highest BCUT2D eigenvalue weighted by Gasteiger charge is 2.32. The van der Waals surface area contributed by atoms with E-state index in [0.717, 1.165) is 36.7 Å². The van der Waals surface area contributed by atoms with Crippen molar-refractivity contribution in [3.05, 3.63) is 17.0 Å². The number of nitrogens with one attached hydrogen (secondary N) is 1. The molecule has 2 fully saturated rings. The number of carbonyl (C=O) groups excluding carboxylic acids is 1. The minimum absolute atomic E-state index is 0.0840. The number of fused-ring (bicyclic) bond motifs is 1. The van der Waals surface area contributed by atoms with Gasteiger partial charge in [0.05, 0.1) is 24.9 Å². The fourth-order valence-corrected chi connectivity index (χ4v) is 3.38. The minimum Gasteiger partial charge on any atom is -0.373 e. The lowest BCUT2D eigenvalue weighted by atomic mass is 10.2. The Balaban J connectivity index is 1.45. The Morgan fingerprint density at radius 2 is 2.30 bits per heavy atom. The molecule has 2 amide bonds. The molecular formula is C16H26N4O3. The van der Waals surface area contributed by atoms with Gasteiger partial charge in [0.2, 0.25) is 0 Å². The number of carbonyl (C=O) groups is 1. The van der Waals surface area contributed by atoms with E-state index in [-0.39, 0.29) is 12.1 Å². The van der Waals surface area contributed by atoms with Crippen LogP contribution in [0, 0.1) is 13.8 Å². The Hall–Kier alpha value is -1.60. The molecule has 1 aromatic rings. The summed E-state index contributed by atoms with van der Waals surface area (Å²) in [7, 11) is 1.78. The minimum atomic E-state index is -0.0999. The van der Waals surface area contributed by atoms with Crippen molar-refractivity contribution in [3.63, 3.8) is 0 Å². The van der Waals surface area contributed by atoms with E-state index in [9.17, 15) is 4.79 Å². The van der Waals surface area contributed by atoms with Crippen molar-refractivity contribution in [2.75, 3.05) is 33.3 Å². The van der Waals surface area contributed by atoms with Crippen LogP contribution in [0.5, 0.6) is 0 Å². The van der Waals surface area contributed by atoms with Crippen LogP contribution in [-0.2, 0) is 11.3 Å². The lowest BCUT2D eigenvalue weighted by Crippen LogP contribution is -2.51. The highest BCUT2D eigenvalue weighted by atomic mass is 16.5. The first-order valence-electron chi connectivity index (χ1n) is 8.31. The third-order valence-electron chi connectivity index (χ3n) is 4.87. The van der Waals surface area contributed by atoms with Gasteiger partial charge in [-0.1, -0.05) is 5.16 Å². The Kier molecular flexibility index (Phi) is 4.87. The summed E-state index contributed by atoms with van der Waals surface area (Å²) in [5.74, 6) is 0.762. The molecule has 0 unspecified atom stereocenters. The highest BCUT2D eigenvalue weighted by molar-refractivity contribution is 5.73. The summed E-state index contributed by atoms with van der Waals surface area (Å²) in [5, 5.41) is 6.89. The molecule has 128 valence electrons. The van der Waals surface area contributed by atoms with Crippen LogP contribution in [0.3, 0.4) is 0 Å². The number of hydrogen-bond acceptors (Lipinski definition) is 5. The molecule has 2 atom stereocenters. The zero-order chi connectivity index (χ0) is 16.4. The second kappa shape index (κ2) is 6.88. The summed E-state index contributed by atoms with van der Waals surface area (Å²) in [5.41, 5.74) is 1.80. The molecule has 23 heavy (non-hydrogen) atoms. The number of amides is 2. The average Bonchev–Trinajstić information content (AvgIpc) is 3.13. The van der Waals surface area contributed by atoms with E-state index in [1.54, 1.807) is 11.9 Å². The fourth-order valence-electron chi connectivity index (χ4n) is 3.38. The second-order valence-corrected chi connectivity index (χ2v) is 6.59. The van der Waals surface area contributed by atoms with Crippen LogP contribution in [0.1, 0.15) is 29.9 Å². The second-order valence-electron chi connectivity index (χ2n) is 6.59. The molecular weight excluding hydrogens is 296 g/mol. The summed E-state index contributed by atoms with van der Waals surface area (Å²) < 4.78 is 11.0. The Morgan fingerprint density at radius 3 is 3.04 bits per heavy atom. The van der Waals surface area contributed by atoms with Crippen LogP contribution < -0.4 is 5.32 Å². The summed E-state index contributed by atoms with van der Waals surface area (Å²) in [6, 6.07) is 0.487. The van der Waals surface area contributed by atoms with Crippen molar-refractivity contribution in [1.82, 2.24) is 20.3 Å².